The number of aromatic nitrogens is 1. The zero-order chi connectivity index (χ0) is 13.3. The number of esters is 1. The molecule has 1 aromatic heterocycles. The molecule has 0 aliphatic rings. The monoisotopic (exact) mass is 255 g/mol. The third-order valence-electron chi connectivity index (χ3n) is 2.41. The van der Waals surface area contributed by atoms with Crippen molar-refractivity contribution in [2.24, 2.45) is 0 Å². The van der Waals surface area contributed by atoms with Gasteiger partial charge in [-0.1, -0.05) is 18.2 Å². The molecule has 1 heterocycles. The van der Waals surface area contributed by atoms with Crippen molar-refractivity contribution in [2.75, 3.05) is 7.11 Å². The van der Waals surface area contributed by atoms with E-state index in [-0.39, 0.29) is 11.1 Å². The summed E-state index contributed by atoms with van der Waals surface area (Å²) in [6.07, 6.45) is -4.60. The van der Waals surface area contributed by atoms with Crippen molar-refractivity contribution in [1.82, 2.24) is 4.98 Å². The summed E-state index contributed by atoms with van der Waals surface area (Å²) in [7, 11) is 1.12. The van der Waals surface area contributed by atoms with Gasteiger partial charge in [-0.05, 0) is 12.1 Å². The van der Waals surface area contributed by atoms with Crippen LogP contribution < -0.4 is 0 Å². The lowest BCUT2D eigenvalue weighted by molar-refractivity contribution is -0.141. The molecule has 0 saturated carbocycles. The molecule has 2 rings (SSSR count). The number of nitrogens with zero attached hydrogens (tertiary/aromatic N) is 1. The highest BCUT2D eigenvalue weighted by atomic mass is 19.4. The van der Waals surface area contributed by atoms with E-state index in [9.17, 15) is 18.0 Å². The number of carbonyl (C=O) groups is 1. The molecule has 0 spiro atoms. The van der Waals surface area contributed by atoms with Crippen molar-refractivity contribution in [3.8, 4) is 0 Å². The minimum atomic E-state index is -4.60. The average Bonchev–Trinajstić information content (AvgIpc) is 2.35. The van der Waals surface area contributed by atoms with Gasteiger partial charge in [0.15, 0.2) is 0 Å². The molecule has 0 amide bonds. The largest absolute Gasteiger partial charge is 0.465 e. The Morgan fingerprint density at radius 2 is 1.94 bits per heavy atom. The third kappa shape index (κ3) is 2.13. The molecule has 1 aromatic carbocycles. The van der Waals surface area contributed by atoms with Gasteiger partial charge in [-0.3, -0.25) is 0 Å². The number of para-hydroxylation sites is 1. The highest BCUT2D eigenvalue weighted by Crippen LogP contribution is 2.31. The summed E-state index contributed by atoms with van der Waals surface area (Å²) in [5.41, 5.74) is -1.15. The first-order valence-corrected chi connectivity index (χ1v) is 4.99. The molecular weight excluding hydrogens is 247 g/mol. The molecule has 0 N–H and O–H groups in total. The van der Waals surface area contributed by atoms with Gasteiger partial charge < -0.3 is 4.74 Å². The fraction of sp³-hybridized carbons (Fsp3) is 0.167. The summed E-state index contributed by atoms with van der Waals surface area (Å²) in [4.78, 5) is 15.0. The van der Waals surface area contributed by atoms with Crippen LogP contribution in [0.3, 0.4) is 0 Å². The molecule has 6 heteroatoms. The number of hydrogen-bond acceptors (Lipinski definition) is 3. The van der Waals surface area contributed by atoms with Gasteiger partial charge in [0.2, 0.25) is 0 Å². The van der Waals surface area contributed by atoms with Gasteiger partial charge in [-0.2, -0.15) is 13.2 Å². The number of pyridine rings is 1. The Morgan fingerprint density at radius 3 is 2.56 bits per heavy atom. The number of rotatable bonds is 1. The molecule has 0 unspecified atom stereocenters. The maximum Gasteiger partial charge on any atom is 0.433 e. The van der Waals surface area contributed by atoms with Crippen molar-refractivity contribution < 1.29 is 22.7 Å². The molecule has 18 heavy (non-hydrogen) atoms. The van der Waals surface area contributed by atoms with Crippen LogP contribution in [0.2, 0.25) is 0 Å². The van der Waals surface area contributed by atoms with Crippen LogP contribution in [0.25, 0.3) is 10.9 Å². The summed E-state index contributed by atoms with van der Waals surface area (Å²) in [6.45, 7) is 0. The topological polar surface area (TPSA) is 39.2 Å². The number of carbonyl (C=O) groups excluding carboxylic acids is 1. The minimum absolute atomic E-state index is 0.104. The first kappa shape index (κ1) is 12.3. The van der Waals surface area contributed by atoms with Gasteiger partial charge in [0.1, 0.15) is 5.69 Å². The van der Waals surface area contributed by atoms with E-state index in [4.69, 9.17) is 0 Å². The fourth-order valence-corrected chi connectivity index (χ4v) is 1.60. The fourth-order valence-electron chi connectivity index (χ4n) is 1.60. The van der Waals surface area contributed by atoms with Crippen molar-refractivity contribution in [2.45, 2.75) is 6.18 Å². The molecule has 0 bridgehead atoms. The smallest absolute Gasteiger partial charge is 0.433 e. The van der Waals surface area contributed by atoms with Gasteiger partial charge in [0, 0.05) is 5.39 Å². The number of methoxy groups -OCH3 is 1. The van der Waals surface area contributed by atoms with Crippen LogP contribution in [0.1, 0.15) is 16.1 Å². The maximum absolute atomic E-state index is 12.6. The number of fused-ring (bicyclic) bond motifs is 1. The van der Waals surface area contributed by atoms with Gasteiger partial charge in [0.05, 0.1) is 18.2 Å². The Hall–Kier alpha value is -2.11. The van der Waals surface area contributed by atoms with Crippen LogP contribution in [-0.2, 0) is 10.9 Å². The first-order chi connectivity index (χ1) is 8.43. The van der Waals surface area contributed by atoms with E-state index in [2.05, 4.69) is 9.72 Å². The van der Waals surface area contributed by atoms with Gasteiger partial charge in [0.25, 0.3) is 0 Å². The molecule has 94 valence electrons. The molecule has 0 aliphatic heterocycles. The molecular formula is C12H8F3NO2. The van der Waals surface area contributed by atoms with Crippen LogP contribution >= 0.6 is 0 Å². The third-order valence-corrected chi connectivity index (χ3v) is 2.41. The molecule has 0 atom stereocenters. The highest BCUT2D eigenvalue weighted by molar-refractivity contribution is 6.03. The van der Waals surface area contributed by atoms with E-state index in [0.29, 0.717) is 11.5 Å². The van der Waals surface area contributed by atoms with Crippen LogP contribution in [-0.4, -0.2) is 18.1 Å². The normalized spacial score (nSPS) is 11.6. The SMILES string of the molecule is COC(=O)c1cc(C(F)(F)F)nc2ccccc12. The number of benzene rings is 1. The maximum atomic E-state index is 12.6. The second-order valence-electron chi connectivity index (χ2n) is 3.56. The quantitative estimate of drug-likeness (QED) is 0.735. The van der Waals surface area contributed by atoms with E-state index < -0.39 is 17.8 Å². The minimum Gasteiger partial charge on any atom is -0.465 e. The first-order valence-electron chi connectivity index (χ1n) is 4.99. The van der Waals surface area contributed by atoms with Crippen molar-refractivity contribution in [3.63, 3.8) is 0 Å². The van der Waals surface area contributed by atoms with E-state index in [0.717, 1.165) is 7.11 Å². The van der Waals surface area contributed by atoms with E-state index in [1.54, 1.807) is 12.1 Å². The van der Waals surface area contributed by atoms with Crippen LogP contribution in [0.15, 0.2) is 30.3 Å². The van der Waals surface area contributed by atoms with Crippen LogP contribution in [0.5, 0.6) is 0 Å². The summed E-state index contributed by atoms with van der Waals surface area (Å²) < 4.78 is 42.4. The molecule has 2 aromatic rings. The Kier molecular flexibility index (Phi) is 2.94. The van der Waals surface area contributed by atoms with Crippen molar-refractivity contribution >= 4 is 16.9 Å². The number of ether oxygens (including phenoxy) is 1. The second kappa shape index (κ2) is 4.29. The zero-order valence-corrected chi connectivity index (χ0v) is 9.28. The Bertz CT molecular complexity index is 608. The molecule has 0 radical (unpaired) electrons. The number of halogens is 3. The Morgan fingerprint density at radius 1 is 1.28 bits per heavy atom. The lowest BCUT2D eigenvalue weighted by atomic mass is 10.1. The summed E-state index contributed by atoms with van der Waals surface area (Å²) >= 11 is 0. The highest BCUT2D eigenvalue weighted by Gasteiger charge is 2.34. The van der Waals surface area contributed by atoms with Gasteiger partial charge in [-0.15, -0.1) is 0 Å². The standard InChI is InChI=1S/C12H8F3NO2/c1-18-11(17)8-6-10(12(13,14)15)16-9-5-3-2-4-7(8)9/h2-6H,1H3. The molecule has 3 nitrogen and oxygen atoms in total. The number of hydrogen-bond donors (Lipinski definition) is 0. The van der Waals surface area contributed by atoms with Crippen molar-refractivity contribution in [1.29, 1.82) is 0 Å². The lowest BCUT2D eigenvalue weighted by Crippen LogP contribution is -2.11. The van der Waals surface area contributed by atoms with E-state index in [1.165, 1.54) is 12.1 Å². The Labute approximate surface area is 100 Å². The summed E-state index contributed by atoms with van der Waals surface area (Å²) in [6, 6.07) is 6.81. The van der Waals surface area contributed by atoms with Gasteiger partial charge >= 0.3 is 12.1 Å². The predicted molar refractivity (Wildman–Crippen MR) is 58.1 cm³/mol. The van der Waals surface area contributed by atoms with E-state index in [1.807, 2.05) is 0 Å². The zero-order valence-electron chi connectivity index (χ0n) is 9.28. The van der Waals surface area contributed by atoms with E-state index >= 15 is 0 Å². The number of alkyl halides is 3. The summed E-state index contributed by atoms with van der Waals surface area (Å²) in [5.74, 6) is -0.820. The molecule has 0 fully saturated rings. The van der Waals surface area contributed by atoms with Crippen LogP contribution in [0.4, 0.5) is 13.2 Å². The average molecular weight is 255 g/mol. The predicted octanol–water partition coefficient (Wildman–Crippen LogP) is 3.04. The summed E-state index contributed by atoms with van der Waals surface area (Å²) in [5, 5.41) is 0.331. The van der Waals surface area contributed by atoms with Gasteiger partial charge in [-0.25, -0.2) is 9.78 Å². The second-order valence-corrected chi connectivity index (χ2v) is 3.56. The lowest BCUT2D eigenvalue weighted by Gasteiger charge is -2.10. The molecule has 0 aliphatic carbocycles. The Balaban J connectivity index is 2.77. The molecule has 0 saturated heterocycles. The van der Waals surface area contributed by atoms with Crippen molar-refractivity contribution in [3.05, 3.63) is 41.6 Å². The van der Waals surface area contributed by atoms with Crippen LogP contribution in [0, 0.1) is 0 Å².